The summed E-state index contributed by atoms with van der Waals surface area (Å²) in [6, 6.07) is 12.5. The molecule has 0 radical (unpaired) electrons. The molecule has 0 aliphatic rings. The van der Waals surface area contributed by atoms with E-state index in [1.807, 2.05) is 18.3 Å². The van der Waals surface area contributed by atoms with Crippen molar-refractivity contribution in [2.75, 3.05) is 18.5 Å². The third kappa shape index (κ3) is 4.83. The maximum Gasteiger partial charge on any atom is 0.0598 e. The Morgan fingerprint density at radius 1 is 1.24 bits per heavy atom. The highest BCUT2D eigenvalue weighted by atomic mass is 79.9. The first-order valence-electron chi connectivity index (χ1n) is 7.31. The summed E-state index contributed by atoms with van der Waals surface area (Å²) in [4.78, 5) is 6.65. The van der Waals surface area contributed by atoms with Gasteiger partial charge in [0.05, 0.1) is 12.2 Å². The monoisotopic (exact) mass is 347 g/mol. The van der Waals surface area contributed by atoms with Gasteiger partial charge in [0.25, 0.3) is 0 Å². The third-order valence-electron chi connectivity index (χ3n) is 3.33. The van der Waals surface area contributed by atoms with Crippen LogP contribution < -0.4 is 10.2 Å². The van der Waals surface area contributed by atoms with Gasteiger partial charge in [0.15, 0.2) is 0 Å². The molecule has 0 amide bonds. The molecule has 2 aromatic rings. The van der Waals surface area contributed by atoms with Crippen LogP contribution in [0.2, 0.25) is 0 Å². The second-order valence-electron chi connectivity index (χ2n) is 5.13. The number of hydrogen-bond acceptors (Lipinski definition) is 3. The van der Waals surface area contributed by atoms with Crippen LogP contribution in [0, 0.1) is 0 Å². The first kappa shape index (κ1) is 16.0. The Bertz CT molecular complexity index is 557. The molecule has 0 saturated heterocycles. The number of anilines is 1. The van der Waals surface area contributed by atoms with Crippen LogP contribution in [-0.4, -0.2) is 18.6 Å². The summed E-state index contributed by atoms with van der Waals surface area (Å²) < 4.78 is 1.10. The van der Waals surface area contributed by atoms with Gasteiger partial charge >= 0.3 is 0 Å². The number of nitrogens with zero attached hydrogens (tertiary/aromatic N) is 2. The summed E-state index contributed by atoms with van der Waals surface area (Å²) in [5.74, 6) is 0. The molecule has 1 aromatic carbocycles. The van der Waals surface area contributed by atoms with Crippen LogP contribution in [0.25, 0.3) is 0 Å². The minimum Gasteiger partial charge on any atom is -0.368 e. The summed E-state index contributed by atoms with van der Waals surface area (Å²) >= 11 is 3.57. The molecule has 1 aromatic heterocycles. The van der Waals surface area contributed by atoms with Crippen LogP contribution in [-0.2, 0) is 13.1 Å². The highest BCUT2D eigenvalue weighted by Gasteiger charge is 2.09. The van der Waals surface area contributed by atoms with E-state index in [4.69, 9.17) is 0 Å². The fourth-order valence-electron chi connectivity index (χ4n) is 2.26. The van der Waals surface area contributed by atoms with Crippen LogP contribution in [0.3, 0.4) is 0 Å². The van der Waals surface area contributed by atoms with Crippen molar-refractivity contribution in [3.63, 3.8) is 0 Å². The quantitative estimate of drug-likeness (QED) is 0.767. The van der Waals surface area contributed by atoms with E-state index in [9.17, 15) is 0 Å². The van der Waals surface area contributed by atoms with Crippen molar-refractivity contribution in [1.29, 1.82) is 0 Å². The first-order chi connectivity index (χ1) is 10.2. The predicted octanol–water partition coefficient (Wildman–Crippen LogP) is 3.98. The van der Waals surface area contributed by atoms with E-state index in [-0.39, 0.29) is 0 Å². The molecular formula is C17H22BrN3. The molecule has 2 rings (SSSR count). The summed E-state index contributed by atoms with van der Waals surface area (Å²) in [6.45, 7) is 4.92. The van der Waals surface area contributed by atoms with Crippen molar-refractivity contribution < 1.29 is 0 Å². The Kier molecular flexibility index (Phi) is 6.21. The summed E-state index contributed by atoms with van der Waals surface area (Å²) in [5, 5.41) is 3.47. The Labute approximate surface area is 135 Å². The fraction of sp³-hybridized carbons (Fsp3) is 0.353. The SMILES string of the molecule is CCCNCc1ccc(Br)cc1N(C)Cc1ccccn1. The molecule has 0 fully saturated rings. The van der Waals surface area contributed by atoms with Crippen molar-refractivity contribution in [2.24, 2.45) is 0 Å². The first-order valence-corrected chi connectivity index (χ1v) is 8.10. The van der Waals surface area contributed by atoms with E-state index in [0.29, 0.717) is 0 Å². The van der Waals surface area contributed by atoms with Crippen LogP contribution >= 0.6 is 15.9 Å². The Hall–Kier alpha value is -1.39. The van der Waals surface area contributed by atoms with E-state index >= 15 is 0 Å². The van der Waals surface area contributed by atoms with Crippen LogP contribution in [0.4, 0.5) is 5.69 Å². The molecule has 0 aliphatic carbocycles. The molecule has 0 aliphatic heterocycles. The number of nitrogens with one attached hydrogen (secondary N) is 1. The minimum absolute atomic E-state index is 0.804. The van der Waals surface area contributed by atoms with Gasteiger partial charge in [-0.3, -0.25) is 4.98 Å². The van der Waals surface area contributed by atoms with Crippen molar-refractivity contribution >= 4 is 21.6 Å². The lowest BCUT2D eigenvalue weighted by Crippen LogP contribution is -2.21. The number of pyridine rings is 1. The molecular weight excluding hydrogens is 326 g/mol. The highest BCUT2D eigenvalue weighted by molar-refractivity contribution is 9.10. The lowest BCUT2D eigenvalue weighted by atomic mass is 10.1. The molecule has 4 heteroatoms. The second-order valence-corrected chi connectivity index (χ2v) is 6.04. The zero-order valence-corrected chi connectivity index (χ0v) is 14.2. The molecule has 0 saturated carbocycles. The summed E-state index contributed by atoms with van der Waals surface area (Å²) in [6.07, 6.45) is 2.99. The predicted molar refractivity (Wildman–Crippen MR) is 92.5 cm³/mol. The number of benzene rings is 1. The normalized spacial score (nSPS) is 10.6. The molecule has 1 heterocycles. The van der Waals surface area contributed by atoms with Gasteiger partial charge in [-0.15, -0.1) is 0 Å². The maximum atomic E-state index is 4.40. The average Bonchev–Trinajstić information content (AvgIpc) is 2.50. The molecule has 1 N–H and O–H groups in total. The van der Waals surface area contributed by atoms with E-state index in [1.54, 1.807) is 0 Å². The van der Waals surface area contributed by atoms with Gasteiger partial charge in [-0.25, -0.2) is 0 Å². The van der Waals surface area contributed by atoms with E-state index < -0.39 is 0 Å². The van der Waals surface area contributed by atoms with Crippen molar-refractivity contribution in [1.82, 2.24) is 10.3 Å². The average molecular weight is 348 g/mol. The smallest absolute Gasteiger partial charge is 0.0598 e. The van der Waals surface area contributed by atoms with Crippen LogP contribution in [0.15, 0.2) is 47.1 Å². The largest absolute Gasteiger partial charge is 0.368 e. The zero-order chi connectivity index (χ0) is 15.1. The summed E-state index contributed by atoms with van der Waals surface area (Å²) in [5.41, 5.74) is 3.62. The van der Waals surface area contributed by atoms with Gasteiger partial charge in [-0.1, -0.05) is 35.0 Å². The van der Waals surface area contributed by atoms with Gasteiger partial charge in [0.2, 0.25) is 0 Å². The van der Waals surface area contributed by atoms with E-state index in [2.05, 4.69) is 69.4 Å². The third-order valence-corrected chi connectivity index (χ3v) is 3.82. The second kappa shape index (κ2) is 8.15. The fourth-order valence-corrected chi connectivity index (χ4v) is 2.61. The van der Waals surface area contributed by atoms with Crippen molar-refractivity contribution in [3.8, 4) is 0 Å². The number of rotatable bonds is 7. The Morgan fingerprint density at radius 3 is 2.81 bits per heavy atom. The topological polar surface area (TPSA) is 28.2 Å². The van der Waals surface area contributed by atoms with Gasteiger partial charge in [0, 0.05) is 29.9 Å². The highest BCUT2D eigenvalue weighted by Crippen LogP contribution is 2.25. The van der Waals surface area contributed by atoms with E-state index in [1.165, 1.54) is 11.3 Å². The van der Waals surface area contributed by atoms with Crippen molar-refractivity contribution in [2.45, 2.75) is 26.4 Å². The standard InChI is InChI=1S/C17H22BrN3/c1-3-9-19-12-14-7-8-15(18)11-17(14)21(2)13-16-6-4-5-10-20-16/h4-8,10-11,19H,3,9,12-13H2,1-2H3. The zero-order valence-electron chi connectivity index (χ0n) is 12.6. The molecule has 0 spiro atoms. The van der Waals surface area contributed by atoms with Gasteiger partial charge < -0.3 is 10.2 Å². The van der Waals surface area contributed by atoms with Gasteiger partial charge in [-0.2, -0.15) is 0 Å². The Morgan fingerprint density at radius 2 is 2.10 bits per heavy atom. The van der Waals surface area contributed by atoms with Crippen LogP contribution in [0.1, 0.15) is 24.6 Å². The van der Waals surface area contributed by atoms with Gasteiger partial charge in [0.1, 0.15) is 0 Å². The number of hydrogen-bond donors (Lipinski definition) is 1. The molecule has 0 atom stereocenters. The lowest BCUT2D eigenvalue weighted by molar-refractivity contribution is 0.673. The van der Waals surface area contributed by atoms with Crippen LogP contribution in [0.5, 0.6) is 0 Å². The lowest BCUT2D eigenvalue weighted by Gasteiger charge is -2.23. The molecule has 0 bridgehead atoms. The molecule has 21 heavy (non-hydrogen) atoms. The van der Waals surface area contributed by atoms with E-state index in [0.717, 1.165) is 36.2 Å². The molecule has 0 unspecified atom stereocenters. The molecule has 3 nitrogen and oxygen atoms in total. The number of aromatic nitrogens is 1. The summed E-state index contributed by atoms with van der Waals surface area (Å²) in [7, 11) is 2.11. The number of halogens is 1. The minimum atomic E-state index is 0.804. The van der Waals surface area contributed by atoms with Crippen molar-refractivity contribution in [3.05, 3.63) is 58.3 Å². The van der Waals surface area contributed by atoms with Gasteiger partial charge in [-0.05, 0) is 42.8 Å². The maximum absolute atomic E-state index is 4.40. The Balaban J connectivity index is 2.14. The molecule has 112 valence electrons.